The molecule has 1 aliphatic rings. The zero-order valence-corrected chi connectivity index (χ0v) is 15.8. The number of allylic oxidation sites excluding steroid dienone is 2. The highest BCUT2D eigenvalue weighted by atomic mass is 16.4. The number of carboxylic acid groups (broad SMARTS) is 1. The largest absolute Gasteiger partial charge is 0.481 e. The SMILES string of the molecule is CCCc1cc(=O)[nH]c(-n2nc(C)cc2NC(=O)[C@@H]2CC=CC[C@@H]2C(=O)O)n1. The Labute approximate surface area is 161 Å². The first kappa shape index (κ1) is 19.5. The van der Waals surface area contributed by atoms with Crippen molar-refractivity contribution in [3.8, 4) is 5.95 Å². The van der Waals surface area contributed by atoms with E-state index in [4.69, 9.17) is 0 Å². The topological polar surface area (TPSA) is 130 Å². The van der Waals surface area contributed by atoms with E-state index in [2.05, 4.69) is 20.4 Å². The van der Waals surface area contributed by atoms with Gasteiger partial charge in [-0.05, 0) is 26.2 Å². The van der Waals surface area contributed by atoms with Crippen molar-refractivity contribution >= 4 is 17.7 Å². The van der Waals surface area contributed by atoms with Crippen LogP contribution in [0, 0.1) is 18.8 Å². The van der Waals surface area contributed by atoms with Gasteiger partial charge >= 0.3 is 5.97 Å². The highest BCUT2D eigenvalue weighted by Gasteiger charge is 2.34. The molecule has 2 atom stereocenters. The predicted octanol–water partition coefficient (Wildman–Crippen LogP) is 1.82. The number of hydrogen-bond donors (Lipinski definition) is 3. The number of rotatable bonds is 6. The summed E-state index contributed by atoms with van der Waals surface area (Å²) in [6.07, 6.45) is 5.76. The minimum absolute atomic E-state index is 0.206. The molecular formula is C19H23N5O4. The Bertz CT molecular complexity index is 975. The number of aryl methyl sites for hydroxylation is 2. The summed E-state index contributed by atoms with van der Waals surface area (Å²) in [6.45, 7) is 3.74. The molecule has 0 saturated heterocycles. The zero-order valence-electron chi connectivity index (χ0n) is 15.8. The molecule has 2 aromatic heterocycles. The second kappa shape index (κ2) is 8.20. The molecule has 2 aromatic rings. The van der Waals surface area contributed by atoms with E-state index in [1.165, 1.54) is 10.7 Å². The average Bonchev–Trinajstić information content (AvgIpc) is 3.01. The van der Waals surface area contributed by atoms with Crippen molar-refractivity contribution in [3.63, 3.8) is 0 Å². The lowest BCUT2D eigenvalue weighted by Gasteiger charge is -2.24. The average molecular weight is 385 g/mol. The second-order valence-electron chi connectivity index (χ2n) is 6.88. The fourth-order valence-electron chi connectivity index (χ4n) is 3.32. The van der Waals surface area contributed by atoms with Gasteiger partial charge in [-0.25, -0.2) is 4.98 Å². The monoisotopic (exact) mass is 385 g/mol. The molecule has 28 heavy (non-hydrogen) atoms. The molecule has 0 spiro atoms. The number of anilines is 1. The quantitative estimate of drug-likeness (QED) is 0.650. The Morgan fingerprint density at radius 1 is 1.29 bits per heavy atom. The Morgan fingerprint density at radius 2 is 2.00 bits per heavy atom. The van der Waals surface area contributed by atoms with Crippen molar-refractivity contribution in [2.24, 2.45) is 11.8 Å². The van der Waals surface area contributed by atoms with Gasteiger partial charge in [-0.15, -0.1) is 0 Å². The third-order valence-corrected chi connectivity index (χ3v) is 4.66. The molecule has 148 valence electrons. The van der Waals surface area contributed by atoms with Gasteiger partial charge in [0.1, 0.15) is 5.82 Å². The Hall–Kier alpha value is -3.23. The summed E-state index contributed by atoms with van der Waals surface area (Å²) in [5, 5.41) is 16.5. The van der Waals surface area contributed by atoms with Gasteiger partial charge in [0.25, 0.3) is 5.56 Å². The van der Waals surface area contributed by atoms with Gasteiger partial charge in [0.15, 0.2) is 0 Å². The fourth-order valence-corrected chi connectivity index (χ4v) is 3.32. The van der Waals surface area contributed by atoms with E-state index in [0.717, 1.165) is 6.42 Å². The maximum Gasteiger partial charge on any atom is 0.307 e. The van der Waals surface area contributed by atoms with Crippen LogP contribution in [0.1, 0.15) is 37.6 Å². The molecular weight excluding hydrogens is 362 g/mol. The molecule has 1 amide bonds. The zero-order chi connectivity index (χ0) is 20.3. The number of nitrogens with zero attached hydrogens (tertiary/aromatic N) is 3. The number of aromatic amines is 1. The number of nitrogens with one attached hydrogen (secondary N) is 2. The van der Waals surface area contributed by atoms with Crippen LogP contribution in [-0.4, -0.2) is 36.7 Å². The highest BCUT2D eigenvalue weighted by Crippen LogP contribution is 2.27. The lowest BCUT2D eigenvalue weighted by Crippen LogP contribution is -2.35. The molecule has 0 fully saturated rings. The van der Waals surface area contributed by atoms with Gasteiger partial charge in [0.2, 0.25) is 11.9 Å². The van der Waals surface area contributed by atoms with Gasteiger partial charge in [0, 0.05) is 17.8 Å². The van der Waals surface area contributed by atoms with Crippen molar-refractivity contribution in [2.75, 3.05) is 5.32 Å². The number of carbonyl (C=O) groups is 2. The normalized spacial score (nSPS) is 18.8. The van der Waals surface area contributed by atoms with Crippen molar-refractivity contribution in [1.29, 1.82) is 0 Å². The van der Waals surface area contributed by atoms with Crippen molar-refractivity contribution in [3.05, 3.63) is 46.0 Å². The van der Waals surface area contributed by atoms with Crippen molar-refractivity contribution < 1.29 is 14.7 Å². The first-order chi connectivity index (χ1) is 13.4. The van der Waals surface area contributed by atoms with Crippen molar-refractivity contribution in [1.82, 2.24) is 19.7 Å². The van der Waals surface area contributed by atoms with Crippen LogP contribution in [0.4, 0.5) is 5.82 Å². The molecule has 0 unspecified atom stereocenters. The summed E-state index contributed by atoms with van der Waals surface area (Å²) in [7, 11) is 0. The number of aliphatic carboxylic acids is 1. The molecule has 0 radical (unpaired) electrons. The van der Waals surface area contributed by atoms with Gasteiger partial charge in [0.05, 0.1) is 17.5 Å². The van der Waals surface area contributed by atoms with Crippen LogP contribution in [0.3, 0.4) is 0 Å². The Morgan fingerprint density at radius 3 is 2.68 bits per heavy atom. The van der Waals surface area contributed by atoms with E-state index in [-0.39, 0.29) is 11.5 Å². The van der Waals surface area contributed by atoms with Crippen LogP contribution in [0.5, 0.6) is 0 Å². The predicted molar refractivity (Wildman–Crippen MR) is 102 cm³/mol. The molecule has 1 aliphatic carbocycles. The van der Waals surface area contributed by atoms with E-state index in [0.29, 0.717) is 36.5 Å². The van der Waals surface area contributed by atoms with E-state index in [9.17, 15) is 19.5 Å². The third kappa shape index (κ3) is 4.19. The molecule has 9 nitrogen and oxygen atoms in total. The van der Waals surface area contributed by atoms with Gasteiger partial charge < -0.3 is 10.4 Å². The Balaban J connectivity index is 1.91. The van der Waals surface area contributed by atoms with Crippen LogP contribution in [0.2, 0.25) is 0 Å². The Kier molecular flexibility index (Phi) is 5.72. The number of carbonyl (C=O) groups excluding carboxylic acids is 1. The van der Waals surface area contributed by atoms with E-state index >= 15 is 0 Å². The third-order valence-electron chi connectivity index (χ3n) is 4.66. The lowest BCUT2D eigenvalue weighted by molar-refractivity contribution is -0.146. The molecule has 2 heterocycles. The van der Waals surface area contributed by atoms with Gasteiger partial charge in [-0.2, -0.15) is 9.78 Å². The number of hydrogen-bond acceptors (Lipinski definition) is 5. The molecule has 0 saturated carbocycles. The summed E-state index contributed by atoms with van der Waals surface area (Å²) < 4.78 is 1.36. The molecule has 0 bridgehead atoms. The molecule has 0 aromatic carbocycles. The number of amides is 1. The number of H-pyrrole nitrogens is 1. The van der Waals surface area contributed by atoms with Crippen molar-refractivity contribution in [2.45, 2.75) is 39.5 Å². The van der Waals surface area contributed by atoms with Gasteiger partial charge in [-0.3, -0.25) is 19.4 Å². The molecule has 3 rings (SSSR count). The summed E-state index contributed by atoms with van der Waals surface area (Å²) in [5.41, 5.74) is 0.953. The van der Waals surface area contributed by atoms with Crippen LogP contribution in [0.15, 0.2) is 29.1 Å². The minimum Gasteiger partial charge on any atom is -0.481 e. The minimum atomic E-state index is -0.993. The lowest BCUT2D eigenvalue weighted by atomic mass is 9.82. The molecule has 3 N–H and O–H groups in total. The second-order valence-corrected chi connectivity index (χ2v) is 6.88. The van der Waals surface area contributed by atoms with Gasteiger partial charge in [-0.1, -0.05) is 25.5 Å². The van der Waals surface area contributed by atoms with Crippen LogP contribution >= 0.6 is 0 Å². The summed E-state index contributed by atoms with van der Waals surface area (Å²) in [4.78, 5) is 43.3. The standard InChI is InChI=1S/C19H23N5O4/c1-3-6-12-10-16(25)22-19(20-12)24-15(9-11(2)23-24)21-17(26)13-7-4-5-8-14(13)18(27)28/h4-5,9-10,13-14H,3,6-8H2,1-2H3,(H,21,26)(H,27,28)(H,20,22,25)/t13-,14+/m1/s1. The summed E-state index contributed by atoms with van der Waals surface area (Å²) in [5.74, 6) is -2.30. The maximum absolute atomic E-state index is 12.8. The fraction of sp³-hybridized carbons (Fsp3) is 0.421. The first-order valence-corrected chi connectivity index (χ1v) is 9.25. The number of carboxylic acids is 1. The summed E-state index contributed by atoms with van der Waals surface area (Å²) in [6, 6.07) is 3.09. The van der Waals surface area contributed by atoms with E-state index in [1.54, 1.807) is 19.1 Å². The van der Waals surface area contributed by atoms with Crippen LogP contribution in [0.25, 0.3) is 5.95 Å². The van der Waals surface area contributed by atoms with Crippen LogP contribution in [-0.2, 0) is 16.0 Å². The van der Waals surface area contributed by atoms with E-state index < -0.39 is 23.7 Å². The molecule has 0 aliphatic heterocycles. The first-order valence-electron chi connectivity index (χ1n) is 9.25. The highest BCUT2D eigenvalue weighted by molar-refractivity contribution is 5.95. The number of aromatic nitrogens is 4. The van der Waals surface area contributed by atoms with Crippen LogP contribution < -0.4 is 10.9 Å². The smallest absolute Gasteiger partial charge is 0.307 e. The van der Waals surface area contributed by atoms with E-state index in [1.807, 2.05) is 13.0 Å². The molecule has 9 heteroatoms. The summed E-state index contributed by atoms with van der Waals surface area (Å²) >= 11 is 0. The maximum atomic E-state index is 12.8.